The molecule has 2 rings (SSSR count). The third-order valence-corrected chi connectivity index (χ3v) is 4.91. The van der Waals surface area contributed by atoms with Crippen LogP contribution in [0, 0.1) is 13.8 Å². The molecule has 1 aromatic heterocycles. The van der Waals surface area contributed by atoms with E-state index in [4.69, 9.17) is 12.2 Å². The highest BCUT2D eigenvalue weighted by atomic mass is 32.1. The number of anilines is 1. The molecule has 152 valence electrons. The van der Waals surface area contributed by atoms with Gasteiger partial charge in [-0.15, -0.1) is 11.3 Å². The first kappa shape index (κ1) is 22.3. The molecule has 7 nitrogen and oxygen atoms in total. The molecule has 0 spiro atoms. The molecule has 29 heavy (non-hydrogen) atoms. The van der Waals surface area contributed by atoms with Gasteiger partial charge in [-0.1, -0.05) is 12.1 Å². The fourth-order valence-electron chi connectivity index (χ4n) is 2.19. The van der Waals surface area contributed by atoms with Gasteiger partial charge in [-0.05, 0) is 66.8 Å². The maximum Gasteiger partial charge on any atom is 0.250 e. The molecule has 9 heteroatoms. The predicted molar refractivity (Wildman–Crippen MR) is 119 cm³/mol. The number of hydrogen-bond acceptors (Lipinski definition) is 5. The molecule has 0 atom stereocenters. The van der Waals surface area contributed by atoms with Crippen LogP contribution in [-0.4, -0.2) is 22.8 Å². The monoisotopic (exact) mass is 430 g/mol. The molecule has 0 aliphatic carbocycles. The van der Waals surface area contributed by atoms with Gasteiger partial charge in [0.25, 0.3) is 0 Å². The maximum absolute atomic E-state index is 12.0. The molecule has 0 saturated carbocycles. The Balaban J connectivity index is 1.65. The molecular weight excluding hydrogens is 408 g/mol. The fraction of sp³-hybridized carbons (Fsp3) is 0.200. The zero-order chi connectivity index (χ0) is 21.2. The van der Waals surface area contributed by atoms with Crippen LogP contribution in [0.5, 0.6) is 0 Å². The van der Waals surface area contributed by atoms with Gasteiger partial charge in [-0.25, -0.2) is 0 Å². The first-order valence-corrected chi connectivity index (χ1v) is 10.1. The fourth-order valence-corrected chi connectivity index (χ4v) is 2.96. The van der Waals surface area contributed by atoms with E-state index in [-0.39, 0.29) is 23.9 Å². The van der Waals surface area contributed by atoms with E-state index >= 15 is 0 Å². The molecule has 2 aromatic rings. The van der Waals surface area contributed by atoms with Gasteiger partial charge >= 0.3 is 0 Å². The Labute approximate surface area is 178 Å². The number of carbonyl (C=O) groups is 3. The molecule has 0 fully saturated rings. The van der Waals surface area contributed by atoms with Gasteiger partial charge in [-0.3, -0.25) is 30.6 Å². The number of nitrogens with one attached hydrogen (secondary N) is 4. The van der Waals surface area contributed by atoms with Crippen LogP contribution in [0.1, 0.15) is 28.8 Å². The summed E-state index contributed by atoms with van der Waals surface area (Å²) < 4.78 is 0. The lowest BCUT2D eigenvalue weighted by atomic mass is 10.1. The summed E-state index contributed by atoms with van der Waals surface area (Å²) >= 11 is 6.44. The average Bonchev–Trinajstić information content (AvgIpc) is 3.20. The van der Waals surface area contributed by atoms with Crippen molar-refractivity contribution in [1.29, 1.82) is 0 Å². The van der Waals surface area contributed by atoms with E-state index in [2.05, 4.69) is 21.5 Å². The summed E-state index contributed by atoms with van der Waals surface area (Å²) in [5, 5.41) is 7.02. The molecule has 0 aliphatic heterocycles. The van der Waals surface area contributed by atoms with E-state index in [0.717, 1.165) is 16.0 Å². The number of aryl methyl sites for hydroxylation is 2. The largest absolute Gasteiger partial charge is 0.326 e. The van der Waals surface area contributed by atoms with Crippen molar-refractivity contribution in [1.82, 2.24) is 16.2 Å². The molecule has 0 bridgehead atoms. The molecule has 4 N–H and O–H groups in total. The highest BCUT2D eigenvalue weighted by Gasteiger charge is 2.09. The average molecular weight is 431 g/mol. The number of rotatable bonds is 6. The third kappa shape index (κ3) is 8.24. The molecule has 0 unspecified atom stereocenters. The van der Waals surface area contributed by atoms with Crippen LogP contribution in [-0.2, 0) is 14.4 Å². The Morgan fingerprint density at radius 2 is 1.79 bits per heavy atom. The molecule has 1 aromatic carbocycles. The highest BCUT2D eigenvalue weighted by molar-refractivity contribution is 7.80. The van der Waals surface area contributed by atoms with E-state index in [1.54, 1.807) is 6.08 Å². The van der Waals surface area contributed by atoms with Crippen molar-refractivity contribution in [3.8, 4) is 0 Å². The van der Waals surface area contributed by atoms with Gasteiger partial charge in [-0.2, -0.15) is 0 Å². The van der Waals surface area contributed by atoms with Crippen LogP contribution in [0.15, 0.2) is 41.8 Å². The van der Waals surface area contributed by atoms with Crippen molar-refractivity contribution in [2.24, 2.45) is 0 Å². The second kappa shape index (κ2) is 11.1. The molecular formula is C20H22N4O3S2. The molecule has 0 aliphatic rings. The predicted octanol–water partition coefficient (Wildman–Crippen LogP) is 2.82. The molecule has 0 saturated heterocycles. The standard InChI is InChI=1S/C20H22N4O3S2/c1-13-5-6-15(12-14(13)2)21-17(25)9-10-19(27)23-24-20(28)22-18(26)8-7-16-4-3-11-29-16/h3-8,11-12H,9-10H2,1-2H3,(H,21,25)(H,23,27)(H2,22,24,26,28)/b8-7+. The van der Waals surface area contributed by atoms with Crippen LogP contribution < -0.4 is 21.5 Å². The Morgan fingerprint density at radius 3 is 2.48 bits per heavy atom. The van der Waals surface area contributed by atoms with Crippen molar-refractivity contribution < 1.29 is 14.4 Å². The van der Waals surface area contributed by atoms with Crippen molar-refractivity contribution in [2.75, 3.05) is 5.32 Å². The van der Waals surface area contributed by atoms with Gasteiger partial charge in [0.15, 0.2) is 5.11 Å². The Hall–Kier alpha value is -3.04. The summed E-state index contributed by atoms with van der Waals surface area (Å²) in [4.78, 5) is 36.5. The summed E-state index contributed by atoms with van der Waals surface area (Å²) in [5.41, 5.74) is 7.68. The molecule has 1 heterocycles. The quantitative estimate of drug-likeness (QED) is 0.321. The first-order chi connectivity index (χ1) is 13.8. The van der Waals surface area contributed by atoms with Crippen LogP contribution >= 0.6 is 23.6 Å². The minimum atomic E-state index is -0.425. The van der Waals surface area contributed by atoms with Crippen molar-refractivity contribution in [2.45, 2.75) is 26.7 Å². The summed E-state index contributed by atoms with van der Waals surface area (Å²) in [6.45, 7) is 3.95. The summed E-state index contributed by atoms with van der Waals surface area (Å²) in [5.74, 6) is -1.11. The highest BCUT2D eigenvalue weighted by Crippen LogP contribution is 2.14. The van der Waals surface area contributed by atoms with Gasteiger partial charge < -0.3 is 5.32 Å². The SMILES string of the molecule is Cc1ccc(NC(=O)CCC(=O)NNC(=S)NC(=O)/C=C/c2cccs2)cc1C. The molecule has 3 amide bonds. The van der Waals surface area contributed by atoms with Gasteiger partial charge in [0.2, 0.25) is 17.7 Å². The van der Waals surface area contributed by atoms with E-state index in [0.29, 0.717) is 5.69 Å². The number of hydrazine groups is 1. The number of hydrogen-bond donors (Lipinski definition) is 4. The smallest absolute Gasteiger partial charge is 0.250 e. The van der Waals surface area contributed by atoms with Crippen LogP contribution in [0.2, 0.25) is 0 Å². The third-order valence-electron chi connectivity index (χ3n) is 3.86. The van der Waals surface area contributed by atoms with Crippen LogP contribution in [0.25, 0.3) is 6.08 Å². The number of amides is 3. The number of thiophene rings is 1. The number of carbonyl (C=O) groups excluding carboxylic acids is 3. The van der Waals surface area contributed by atoms with Gasteiger partial charge in [0.1, 0.15) is 0 Å². The first-order valence-electron chi connectivity index (χ1n) is 8.82. The Bertz CT molecular complexity index is 924. The van der Waals surface area contributed by atoms with Crippen molar-refractivity contribution in [3.63, 3.8) is 0 Å². The van der Waals surface area contributed by atoms with E-state index in [9.17, 15) is 14.4 Å². The summed E-state index contributed by atoms with van der Waals surface area (Å²) in [6, 6.07) is 9.37. The Morgan fingerprint density at radius 1 is 1.03 bits per heavy atom. The topological polar surface area (TPSA) is 99.3 Å². The summed E-state index contributed by atoms with van der Waals surface area (Å²) in [6.07, 6.45) is 3.00. The van der Waals surface area contributed by atoms with E-state index in [1.165, 1.54) is 17.4 Å². The van der Waals surface area contributed by atoms with Crippen LogP contribution in [0.4, 0.5) is 5.69 Å². The lowest BCUT2D eigenvalue weighted by molar-refractivity contribution is -0.124. The van der Waals surface area contributed by atoms with Crippen molar-refractivity contribution >= 4 is 58.2 Å². The van der Waals surface area contributed by atoms with Gasteiger partial charge in [0.05, 0.1) is 0 Å². The second-order valence-corrected chi connectivity index (χ2v) is 7.58. The minimum Gasteiger partial charge on any atom is -0.326 e. The van der Waals surface area contributed by atoms with E-state index in [1.807, 2.05) is 49.6 Å². The lowest BCUT2D eigenvalue weighted by Gasteiger charge is -2.10. The zero-order valence-corrected chi connectivity index (χ0v) is 17.7. The molecule has 0 radical (unpaired) electrons. The normalized spacial score (nSPS) is 10.4. The Kier molecular flexibility index (Phi) is 8.50. The summed E-state index contributed by atoms with van der Waals surface area (Å²) in [7, 11) is 0. The minimum absolute atomic E-state index is 0.0170. The van der Waals surface area contributed by atoms with Gasteiger partial charge in [0, 0.05) is 29.5 Å². The number of thiocarbonyl (C=S) groups is 1. The lowest BCUT2D eigenvalue weighted by Crippen LogP contribution is -2.48. The van der Waals surface area contributed by atoms with Crippen LogP contribution in [0.3, 0.4) is 0 Å². The maximum atomic E-state index is 12.0. The zero-order valence-electron chi connectivity index (χ0n) is 16.1. The second-order valence-electron chi connectivity index (χ2n) is 6.19. The van der Waals surface area contributed by atoms with E-state index < -0.39 is 11.8 Å². The number of benzene rings is 1. The van der Waals surface area contributed by atoms with Crippen molar-refractivity contribution in [3.05, 3.63) is 57.8 Å².